The van der Waals surface area contributed by atoms with E-state index < -0.39 is 6.10 Å². The number of hydrogen-bond donors (Lipinski definition) is 3. The van der Waals surface area contributed by atoms with E-state index in [1.54, 1.807) is 31.6 Å². The lowest BCUT2D eigenvalue weighted by atomic mass is 10.1. The third kappa shape index (κ3) is 9.12. The molecule has 1 atom stereocenters. The highest BCUT2D eigenvalue weighted by atomic mass is 16.5. The number of hydrogen-bond acceptors (Lipinski definition) is 5. The van der Waals surface area contributed by atoms with Gasteiger partial charge in [-0.2, -0.15) is 0 Å². The Kier molecular flexibility index (Phi) is 10.8. The van der Waals surface area contributed by atoms with E-state index in [1.165, 1.54) is 0 Å². The largest absolute Gasteiger partial charge is 0.386 e. The summed E-state index contributed by atoms with van der Waals surface area (Å²) >= 11 is 0. The average Bonchev–Trinajstić information content (AvgIpc) is 2.59. The molecule has 0 aliphatic heterocycles. The lowest BCUT2D eigenvalue weighted by Crippen LogP contribution is -2.38. The molecule has 1 aromatic rings. The minimum absolute atomic E-state index is 0.295. The summed E-state index contributed by atoms with van der Waals surface area (Å²) in [5.41, 5.74) is 0.811. The van der Waals surface area contributed by atoms with Crippen molar-refractivity contribution in [1.82, 2.24) is 15.6 Å². The maximum absolute atomic E-state index is 10.1. The number of aliphatic hydroxyl groups excluding tert-OH is 1. The van der Waals surface area contributed by atoms with E-state index in [-0.39, 0.29) is 0 Å². The Morgan fingerprint density at radius 2 is 2.04 bits per heavy atom. The van der Waals surface area contributed by atoms with Gasteiger partial charge in [-0.15, -0.1) is 0 Å². The second-order valence-corrected chi connectivity index (χ2v) is 4.90. The fourth-order valence-electron chi connectivity index (χ4n) is 1.84. The predicted molar refractivity (Wildman–Crippen MR) is 90.5 cm³/mol. The number of guanidine groups is 1. The molecule has 1 heterocycles. The van der Waals surface area contributed by atoms with E-state index in [0.29, 0.717) is 32.3 Å². The van der Waals surface area contributed by atoms with E-state index in [2.05, 4.69) is 20.6 Å². The smallest absolute Gasteiger partial charge is 0.191 e. The highest BCUT2D eigenvalue weighted by Gasteiger charge is 2.06. The van der Waals surface area contributed by atoms with Gasteiger partial charge in [-0.3, -0.25) is 9.98 Å². The Hall–Kier alpha value is -1.70. The topological polar surface area (TPSA) is 88.0 Å². The summed E-state index contributed by atoms with van der Waals surface area (Å²) in [5.74, 6) is 0.692. The molecule has 7 nitrogen and oxygen atoms in total. The third-order valence-electron chi connectivity index (χ3n) is 3.05. The van der Waals surface area contributed by atoms with Crippen LogP contribution in [0.1, 0.15) is 25.0 Å². The summed E-state index contributed by atoms with van der Waals surface area (Å²) in [5, 5.41) is 16.5. The Bertz CT molecular complexity index is 429. The van der Waals surface area contributed by atoms with E-state index in [1.807, 2.05) is 6.92 Å². The molecule has 0 fully saturated rings. The maximum Gasteiger partial charge on any atom is 0.191 e. The van der Waals surface area contributed by atoms with Gasteiger partial charge < -0.3 is 25.2 Å². The number of aliphatic hydroxyl groups is 1. The van der Waals surface area contributed by atoms with Crippen LogP contribution in [-0.4, -0.2) is 62.6 Å². The zero-order valence-electron chi connectivity index (χ0n) is 14.0. The second-order valence-electron chi connectivity index (χ2n) is 4.90. The third-order valence-corrected chi connectivity index (χ3v) is 3.05. The SMILES string of the molecule is CCNC(=NCC(O)c1ccncc1)NCCCOCCOC. The van der Waals surface area contributed by atoms with Crippen LogP contribution in [0.3, 0.4) is 0 Å². The lowest BCUT2D eigenvalue weighted by molar-refractivity contribution is 0.0698. The molecule has 130 valence electrons. The molecule has 23 heavy (non-hydrogen) atoms. The number of aliphatic imine (C=N–C) groups is 1. The molecule has 3 N–H and O–H groups in total. The molecule has 0 amide bonds. The number of nitrogens with zero attached hydrogens (tertiary/aromatic N) is 2. The quantitative estimate of drug-likeness (QED) is 0.316. The standard InChI is InChI=1S/C16H28N4O3/c1-3-18-16(19-7-4-10-23-12-11-22-2)20-13-15(21)14-5-8-17-9-6-14/h5-6,8-9,15,21H,3-4,7,10-13H2,1-2H3,(H2,18,19,20). The molecule has 0 spiro atoms. The van der Waals surface area contributed by atoms with Gasteiger partial charge in [0.05, 0.1) is 25.9 Å². The van der Waals surface area contributed by atoms with Crippen molar-refractivity contribution in [2.75, 3.05) is 46.6 Å². The molecule has 0 saturated carbocycles. The van der Waals surface area contributed by atoms with Crippen LogP contribution in [0, 0.1) is 0 Å². The van der Waals surface area contributed by atoms with E-state index in [0.717, 1.165) is 25.1 Å². The van der Waals surface area contributed by atoms with Crippen LogP contribution in [0.2, 0.25) is 0 Å². The van der Waals surface area contributed by atoms with Crippen LogP contribution < -0.4 is 10.6 Å². The van der Waals surface area contributed by atoms with Crippen molar-refractivity contribution in [3.63, 3.8) is 0 Å². The van der Waals surface area contributed by atoms with Crippen molar-refractivity contribution in [1.29, 1.82) is 0 Å². The molecular formula is C16H28N4O3. The number of ether oxygens (including phenoxy) is 2. The van der Waals surface area contributed by atoms with Gasteiger partial charge in [0.1, 0.15) is 0 Å². The number of aromatic nitrogens is 1. The zero-order valence-corrected chi connectivity index (χ0v) is 14.0. The van der Waals surface area contributed by atoms with Crippen LogP contribution in [0.5, 0.6) is 0 Å². The molecular weight excluding hydrogens is 296 g/mol. The van der Waals surface area contributed by atoms with Gasteiger partial charge in [-0.1, -0.05) is 0 Å². The Labute approximate surface area is 138 Å². The Morgan fingerprint density at radius 1 is 1.26 bits per heavy atom. The van der Waals surface area contributed by atoms with Crippen LogP contribution in [-0.2, 0) is 9.47 Å². The molecule has 0 aliphatic rings. The number of methoxy groups -OCH3 is 1. The molecule has 0 saturated heterocycles. The second kappa shape index (κ2) is 12.8. The summed E-state index contributed by atoms with van der Waals surface area (Å²) in [6, 6.07) is 3.58. The minimum Gasteiger partial charge on any atom is -0.386 e. The molecule has 1 unspecified atom stereocenters. The summed E-state index contributed by atoms with van der Waals surface area (Å²) in [7, 11) is 1.66. The van der Waals surface area contributed by atoms with Gasteiger partial charge in [-0.25, -0.2) is 0 Å². The van der Waals surface area contributed by atoms with Crippen molar-refractivity contribution in [2.45, 2.75) is 19.4 Å². The van der Waals surface area contributed by atoms with Crippen LogP contribution >= 0.6 is 0 Å². The number of nitrogens with one attached hydrogen (secondary N) is 2. The molecule has 0 aromatic carbocycles. The zero-order chi connectivity index (χ0) is 16.8. The molecule has 7 heteroatoms. The Balaban J connectivity index is 2.29. The molecule has 0 bridgehead atoms. The normalized spacial score (nSPS) is 12.9. The van der Waals surface area contributed by atoms with Gasteiger partial charge in [0.2, 0.25) is 0 Å². The van der Waals surface area contributed by atoms with E-state index >= 15 is 0 Å². The first-order chi connectivity index (χ1) is 11.3. The molecule has 0 radical (unpaired) electrons. The van der Waals surface area contributed by atoms with Gasteiger partial charge in [-0.05, 0) is 31.0 Å². The molecule has 1 aromatic heterocycles. The maximum atomic E-state index is 10.1. The Morgan fingerprint density at radius 3 is 2.74 bits per heavy atom. The summed E-state index contributed by atoms with van der Waals surface area (Å²) < 4.78 is 10.3. The average molecular weight is 324 g/mol. The first-order valence-corrected chi connectivity index (χ1v) is 7.94. The summed E-state index contributed by atoms with van der Waals surface area (Å²) in [4.78, 5) is 8.34. The first-order valence-electron chi connectivity index (χ1n) is 7.94. The summed E-state index contributed by atoms with van der Waals surface area (Å²) in [6.07, 6.45) is 3.57. The fraction of sp³-hybridized carbons (Fsp3) is 0.625. The number of pyridine rings is 1. The highest BCUT2D eigenvalue weighted by Crippen LogP contribution is 2.10. The van der Waals surface area contributed by atoms with Crippen LogP contribution in [0.25, 0.3) is 0 Å². The van der Waals surface area contributed by atoms with Crippen molar-refractivity contribution >= 4 is 5.96 Å². The van der Waals surface area contributed by atoms with Crippen molar-refractivity contribution in [3.05, 3.63) is 30.1 Å². The summed E-state index contributed by atoms with van der Waals surface area (Å²) in [6.45, 7) is 5.72. The van der Waals surface area contributed by atoms with Crippen molar-refractivity contribution in [3.8, 4) is 0 Å². The molecule has 0 aliphatic carbocycles. The van der Waals surface area contributed by atoms with E-state index in [9.17, 15) is 5.11 Å². The predicted octanol–water partition coefficient (Wildman–Crippen LogP) is 0.723. The highest BCUT2D eigenvalue weighted by molar-refractivity contribution is 5.79. The fourth-order valence-corrected chi connectivity index (χ4v) is 1.84. The van der Waals surface area contributed by atoms with Crippen molar-refractivity contribution in [2.24, 2.45) is 4.99 Å². The van der Waals surface area contributed by atoms with Gasteiger partial charge in [0.15, 0.2) is 5.96 Å². The van der Waals surface area contributed by atoms with Crippen LogP contribution in [0.15, 0.2) is 29.5 Å². The van der Waals surface area contributed by atoms with Gasteiger partial charge >= 0.3 is 0 Å². The van der Waals surface area contributed by atoms with Crippen LogP contribution in [0.4, 0.5) is 0 Å². The van der Waals surface area contributed by atoms with E-state index in [4.69, 9.17) is 9.47 Å². The minimum atomic E-state index is -0.633. The van der Waals surface area contributed by atoms with Gasteiger partial charge in [0, 0.05) is 39.2 Å². The lowest BCUT2D eigenvalue weighted by Gasteiger charge is -2.13. The molecule has 1 rings (SSSR count). The van der Waals surface area contributed by atoms with Gasteiger partial charge in [0.25, 0.3) is 0 Å². The van der Waals surface area contributed by atoms with Crippen molar-refractivity contribution < 1.29 is 14.6 Å². The number of rotatable bonds is 11. The monoisotopic (exact) mass is 324 g/mol. The first kappa shape index (κ1) is 19.3.